The maximum atomic E-state index is 13.2. The first-order chi connectivity index (χ1) is 40.5. The summed E-state index contributed by atoms with van der Waals surface area (Å²) in [5.74, 6) is -1.60. The molecule has 0 unspecified atom stereocenters. The molecule has 0 amide bonds. The third-order valence-corrected chi connectivity index (χ3v) is 15.2. The maximum absolute atomic E-state index is 13.2. The molecule has 0 saturated carbocycles. The van der Waals surface area contributed by atoms with Crippen LogP contribution < -0.4 is 0 Å². The van der Waals surface area contributed by atoms with E-state index in [4.69, 9.17) is 33.2 Å². The van der Waals surface area contributed by atoms with Crippen LogP contribution in [0.2, 0.25) is 0 Å². The van der Waals surface area contributed by atoms with Crippen molar-refractivity contribution in [1.29, 1.82) is 0 Å². The van der Waals surface area contributed by atoms with E-state index < -0.39 is 105 Å². The molecule has 2 rings (SSSR count). The highest BCUT2D eigenvalue weighted by Crippen LogP contribution is 2.28. The van der Waals surface area contributed by atoms with E-state index in [1.807, 2.05) is 0 Å². The lowest BCUT2D eigenvalue weighted by Crippen LogP contribution is -2.62. The van der Waals surface area contributed by atoms with E-state index in [2.05, 4.69) is 81.5 Å². The van der Waals surface area contributed by atoms with Crippen molar-refractivity contribution in [1.82, 2.24) is 0 Å². The zero-order valence-corrected chi connectivity index (χ0v) is 51.7. The van der Waals surface area contributed by atoms with Crippen molar-refractivity contribution in [2.24, 2.45) is 0 Å². The van der Waals surface area contributed by atoms with Crippen LogP contribution in [0.4, 0.5) is 0 Å². The molecule has 0 spiro atoms. The van der Waals surface area contributed by atoms with Gasteiger partial charge < -0.3 is 63.8 Å². The van der Waals surface area contributed by atoms with Gasteiger partial charge in [-0.05, 0) is 83.5 Å². The van der Waals surface area contributed by atoms with Crippen molar-refractivity contribution < 1.29 is 78.2 Å². The Kier molecular flexibility index (Phi) is 47.4. The van der Waals surface area contributed by atoms with Gasteiger partial charge in [0.2, 0.25) is 0 Å². The number of hydrogen-bond acceptors (Lipinski definition) is 16. The van der Waals surface area contributed by atoms with Gasteiger partial charge in [0.15, 0.2) is 24.8 Å². The van der Waals surface area contributed by atoms with Crippen LogP contribution >= 0.6 is 0 Å². The Hall–Kier alpha value is -3.29. The predicted octanol–water partition coefficient (Wildman–Crippen LogP) is 12.5. The highest BCUT2D eigenvalue weighted by atomic mass is 16.7. The molecule has 0 aromatic heterocycles. The number of carbonyl (C=O) groups excluding carboxylic acids is 3. The minimum Gasteiger partial charge on any atom is -0.462 e. The molecule has 11 atom stereocenters. The predicted molar refractivity (Wildman–Crippen MR) is 326 cm³/mol. The standard InChI is InChI=1S/C67H116O16/c1-4-7-10-13-16-19-22-25-27-30-33-36-39-42-45-48-58(70)80-54(51-77-57(69)47-44-41-38-35-32-29-24-21-18-15-12-9-6-3)52-78-66-63(75)62(74)60(72)56(82-66)53-79-67-64(76)65(61(73)55(50-68)81-67)83-59(71)49-46-43-40-37-34-31-28-26-23-20-17-14-11-8-5-2/h7,10,16-17,19-20,25-28,54-56,60-68,72-76H,4-6,8-9,11-15,18,21-24,29-53H2,1-3H3/b10-7-,19-16-,20-17-,27-25-,28-26-/t54-,55-,56-,60-,61+,62+,63-,64-,65-,66-,67+/m1/s1. The molecule has 0 bridgehead atoms. The number of unbranched alkanes of at least 4 members (excludes halogenated alkanes) is 25. The molecule has 2 heterocycles. The van der Waals surface area contributed by atoms with Crippen LogP contribution in [0.15, 0.2) is 60.8 Å². The Morgan fingerprint density at radius 3 is 1.36 bits per heavy atom. The summed E-state index contributed by atoms with van der Waals surface area (Å²) in [7, 11) is 0. The second-order valence-electron chi connectivity index (χ2n) is 22.7. The number of aliphatic hydroxyl groups is 6. The van der Waals surface area contributed by atoms with Crippen LogP contribution in [0.3, 0.4) is 0 Å². The Labute approximate surface area is 500 Å². The fourth-order valence-corrected chi connectivity index (χ4v) is 10.00. The lowest BCUT2D eigenvalue weighted by Gasteiger charge is -2.43. The summed E-state index contributed by atoms with van der Waals surface area (Å²) < 4.78 is 40.0. The Balaban J connectivity index is 1.90. The molecule has 0 radical (unpaired) electrons. The second-order valence-corrected chi connectivity index (χ2v) is 22.7. The monoisotopic (exact) mass is 1180 g/mol. The van der Waals surface area contributed by atoms with Crippen LogP contribution in [-0.4, -0.2) is 142 Å². The number of esters is 3. The first-order valence-electron chi connectivity index (χ1n) is 32.8. The van der Waals surface area contributed by atoms with E-state index in [-0.39, 0.29) is 25.9 Å². The number of allylic oxidation sites excluding steroid dienone is 10. The van der Waals surface area contributed by atoms with Crippen LogP contribution in [0, 0.1) is 0 Å². The molecule has 2 aliphatic rings. The zero-order chi connectivity index (χ0) is 60.4. The molecule has 2 fully saturated rings. The third-order valence-electron chi connectivity index (χ3n) is 15.2. The van der Waals surface area contributed by atoms with Crippen LogP contribution in [0.1, 0.15) is 252 Å². The minimum absolute atomic E-state index is 0.0533. The van der Waals surface area contributed by atoms with Gasteiger partial charge in [-0.1, -0.05) is 210 Å². The molecule has 83 heavy (non-hydrogen) atoms. The second kappa shape index (κ2) is 51.9. The van der Waals surface area contributed by atoms with Gasteiger partial charge in [0.25, 0.3) is 0 Å². The molecule has 6 N–H and O–H groups in total. The summed E-state index contributed by atoms with van der Waals surface area (Å²) in [5, 5.41) is 65.0. The number of hydrogen-bond donors (Lipinski definition) is 6. The van der Waals surface area contributed by atoms with Crippen LogP contribution in [0.5, 0.6) is 0 Å². The summed E-state index contributed by atoms with van der Waals surface area (Å²) in [4.78, 5) is 39.0. The smallest absolute Gasteiger partial charge is 0.306 e. The van der Waals surface area contributed by atoms with E-state index in [1.54, 1.807) is 0 Å². The zero-order valence-electron chi connectivity index (χ0n) is 51.7. The average molecular weight is 1180 g/mol. The summed E-state index contributed by atoms with van der Waals surface area (Å²) in [5.41, 5.74) is 0. The Morgan fingerprint density at radius 1 is 0.422 bits per heavy atom. The summed E-state index contributed by atoms with van der Waals surface area (Å²) >= 11 is 0. The molecule has 0 aromatic rings. The molecule has 0 aromatic carbocycles. The van der Waals surface area contributed by atoms with Gasteiger partial charge in [-0.25, -0.2) is 0 Å². The molecule has 16 nitrogen and oxygen atoms in total. The van der Waals surface area contributed by atoms with Gasteiger partial charge in [0, 0.05) is 19.3 Å². The van der Waals surface area contributed by atoms with Crippen LogP contribution in [-0.2, 0) is 47.5 Å². The van der Waals surface area contributed by atoms with Crippen LogP contribution in [0.25, 0.3) is 0 Å². The first-order valence-corrected chi connectivity index (χ1v) is 32.8. The van der Waals surface area contributed by atoms with E-state index in [1.165, 1.54) is 77.0 Å². The van der Waals surface area contributed by atoms with Crippen molar-refractivity contribution in [3.05, 3.63) is 60.8 Å². The van der Waals surface area contributed by atoms with E-state index in [0.717, 1.165) is 116 Å². The maximum Gasteiger partial charge on any atom is 0.306 e. The minimum atomic E-state index is -1.80. The Bertz CT molecular complexity index is 1730. The molecule has 2 saturated heterocycles. The number of rotatable bonds is 52. The number of aliphatic hydroxyl groups excluding tert-OH is 6. The van der Waals surface area contributed by atoms with Gasteiger partial charge in [-0.3, -0.25) is 14.4 Å². The highest BCUT2D eigenvalue weighted by Gasteiger charge is 2.49. The molecule has 480 valence electrons. The normalized spacial score (nSPS) is 23.6. The fraction of sp³-hybridized carbons (Fsp3) is 0.806. The molecular weight excluding hydrogens is 1060 g/mol. The van der Waals surface area contributed by atoms with Crippen molar-refractivity contribution in [3.8, 4) is 0 Å². The first kappa shape index (κ1) is 75.8. The van der Waals surface area contributed by atoms with Crippen molar-refractivity contribution in [3.63, 3.8) is 0 Å². The topological polar surface area (TPSA) is 237 Å². The summed E-state index contributed by atoms with van der Waals surface area (Å²) in [6, 6.07) is 0. The van der Waals surface area contributed by atoms with Gasteiger partial charge in [-0.2, -0.15) is 0 Å². The van der Waals surface area contributed by atoms with E-state index in [0.29, 0.717) is 19.3 Å². The number of carbonyl (C=O) groups is 3. The van der Waals surface area contributed by atoms with Crippen molar-refractivity contribution >= 4 is 17.9 Å². The summed E-state index contributed by atoms with van der Waals surface area (Å²) in [6.07, 6.45) is 40.1. The van der Waals surface area contributed by atoms with Crippen molar-refractivity contribution in [2.45, 2.75) is 319 Å². The van der Waals surface area contributed by atoms with E-state index in [9.17, 15) is 45.0 Å². The quantitative estimate of drug-likeness (QED) is 0.0144. The largest absolute Gasteiger partial charge is 0.462 e. The Morgan fingerprint density at radius 2 is 0.843 bits per heavy atom. The van der Waals surface area contributed by atoms with E-state index >= 15 is 0 Å². The molecule has 0 aliphatic carbocycles. The lowest BCUT2D eigenvalue weighted by molar-refractivity contribution is -0.333. The SMILES string of the molecule is CC/C=C\C/C=C\C/C=C\CCCCCCCC(=O)O[C@H](COC(=O)CCCCCCCCCCCCCCC)CO[C@@H]1O[C@H](CO[C@H]2O[C@H](CO)[C@H](O)[C@@H](OC(=O)CCCCCCC/C=C\C/C=C\CCCCC)[C@H]2O)[C@@H](O)[C@H](O)[C@H]1O. The summed E-state index contributed by atoms with van der Waals surface area (Å²) in [6.45, 7) is 4.57. The van der Waals surface area contributed by atoms with Gasteiger partial charge >= 0.3 is 17.9 Å². The molecular formula is C67H116O16. The lowest BCUT2D eigenvalue weighted by atomic mass is 9.98. The third kappa shape index (κ3) is 37.8. The average Bonchev–Trinajstić information content (AvgIpc) is 3.57. The molecule has 16 heteroatoms. The van der Waals surface area contributed by atoms with Crippen molar-refractivity contribution in [2.75, 3.05) is 26.4 Å². The van der Waals surface area contributed by atoms with Gasteiger partial charge in [0.1, 0.15) is 49.3 Å². The highest BCUT2D eigenvalue weighted by molar-refractivity contribution is 5.70. The number of ether oxygens (including phenoxy) is 7. The van der Waals surface area contributed by atoms with Gasteiger partial charge in [-0.15, -0.1) is 0 Å². The molecule has 2 aliphatic heterocycles. The fourth-order valence-electron chi connectivity index (χ4n) is 10.00. The van der Waals surface area contributed by atoms with Gasteiger partial charge in [0.05, 0.1) is 19.8 Å².